The maximum Gasteiger partial charge on any atom is 0.0576 e. The SMILES string of the molecule is Cc1cccc(NC2(CN)Cc3ccccc3C2)c1. The van der Waals surface area contributed by atoms with Gasteiger partial charge in [-0.3, -0.25) is 0 Å². The number of anilines is 1. The molecule has 2 aromatic carbocycles. The number of hydrogen-bond acceptors (Lipinski definition) is 2. The fourth-order valence-corrected chi connectivity index (χ4v) is 3.01. The Hall–Kier alpha value is -1.80. The number of aryl methyl sites for hydroxylation is 1. The molecule has 1 aliphatic rings. The van der Waals surface area contributed by atoms with Crippen LogP contribution in [0.4, 0.5) is 5.69 Å². The third kappa shape index (κ3) is 2.36. The molecule has 0 spiro atoms. The van der Waals surface area contributed by atoms with Crippen molar-refractivity contribution in [3.63, 3.8) is 0 Å². The first-order chi connectivity index (χ1) is 9.21. The summed E-state index contributed by atoms with van der Waals surface area (Å²) in [6.45, 7) is 2.76. The van der Waals surface area contributed by atoms with Crippen molar-refractivity contribution in [2.24, 2.45) is 5.73 Å². The van der Waals surface area contributed by atoms with Crippen molar-refractivity contribution in [3.8, 4) is 0 Å². The van der Waals surface area contributed by atoms with Crippen LogP contribution < -0.4 is 11.1 Å². The Kier molecular flexibility index (Phi) is 3.03. The molecule has 0 heterocycles. The normalized spacial score (nSPS) is 16.1. The van der Waals surface area contributed by atoms with Crippen molar-refractivity contribution in [3.05, 3.63) is 65.2 Å². The highest BCUT2D eigenvalue weighted by molar-refractivity contribution is 5.51. The first kappa shape index (κ1) is 12.2. The Labute approximate surface area is 114 Å². The van der Waals surface area contributed by atoms with Gasteiger partial charge in [0, 0.05) is 12.2 Å². The van der Waals surface area contributed by atoms with E-state index in [0.29, 0.717) is 6.54 Å². The van der Waals surface area contributed by atoms with Gasteiger partial charge in [0.2, 0.25) is 0 Å². The predicted molar refractivity (Wildman–Crippen MR) is 80.4 cm³/mol. The standard InChI is InChI=1S/C17H20N2/c1-13-5-4-8-16(9-13)19-17(12-18)10-14-6-2-3-7-15(14)11-17/h2-9,19H,10-12,18H2,1H3. The van der Waals surface area contributed by atoms with Gasteiger partial charge in [-0.1, -0.05) is 36.4 Å². The van der Waals surface area contributed by atoms with Crippen LogP contribution >= 0.6 is 0 Å². The van der Waals surface area contributed by atoms with Gasteiger partial charge in [-0.25, -0.2) is 0 Å². The van der Waals surface area contributed by atoms with E-state index in [1.807, 2.05) is 0 Å². The summed E-state index contributed by atoms with van der Waals surface area (Å²) in [5.74, 6) is 0. The second-order valence-corrected chi connectivity index (χ2v) is 5.60. The molecule has 2 nitrogen and oxygen atoms in total. The molecule has 0 atom stereocenters. The highest BCUT2D eigenvalue weighted by Gasteiger charge is 2.35. The Bertz CT molecular complexity index is 564. The third-order valence-corrected chi connectivity index (χ3v) is 3.99. The van der Waals surface area contributed by atoms with Crippen LogP contribution in [-0.2, 0) is 12.8 Å². The summed E-state index contributed by atoms with van der Waals surface area (Å²) in [6.07, 6.45) is 2.02. The first-order valence-corrected chi connectivity index (χ1v) is 6.82. The highest BCUT2D eigenvalue weighted by Crippen LogP contribution is 2.32. The van der Waals surface area contributed by atoms with E-state index in [-0.39, 0.29) is 5.54 Å². The molecule has 2 aromatic rings. The smallest absolute Gasteiger partial charge is 0.0576 e. The van der Waals surface area contributed by atoms with E-state index in [9.17, 15) is 0 Å². The average Bonchev–Trinajstić information content (AvgIpc) is 2.77. The van der Waals surface area contributed by atoms with E-state index in [2.05, 4.69) is 60.8 Å². The maximum absolute atomic E-state index is 6.07. The molecular formula is C17H20N2. The Morgan fingerprint density at radius 2 is 1.74 bits per heavy atom. The van der Waals surface area contributed by atoms with E-state index in [4.69, 9.17) is 5.73 Å². The molecule has 19 heavy (non-hydrogen) atoms. The minimum Gasteiger partial charge on any atom is -0.378 e. The predicted octanol–water partition coefficient (Wildman–Crippen LogP) is 2.90. The third-order valence-electron chi connectivity index (χ3n) is 3.99. The highest BCUT2D eigenvalue weighted by atomic mass is 15.0. The largest absolute Gasteiger partial charge is 0.378 e. The van der Waals surface area contributed by atoms with E-state index >= 15 is 0 Å². The molecule has 98 valence electrons. The van der Waals surface area contributed by atoms with Gasteiger partial charge in [0.15, 0.2) is 0 Å². The molecule has 0 saturated heterocycles. The first-order valence-electron chi connectivity index (χ1n) is 6.82. The summed E-state index contributed by atoms with van der Waals surface area (Å²) in [4.78, 5) is 0. The summed E-state index contributed by atoms with van der Waals surface area (Å²) in [6, 6.07) is 17.1. The van der Waals surface area contributed by atoms with Crippen molar-refractivity contribution in [1.82, 2.24) is 0 Å². The van der Waals surface area contributed by atoms with E-state index < -0.39 is 0 Å². The second kappa shape index (κ2) is 4.71. The van der Waals surface area contributed by atoms with Crippen LogP contribution in [0.25, 0.3) is 0 Å². The van der Waals surface area contributed by atoms with Crippen molar-refractivity contribution in [2.45, 2.75) is 25.3 Å². The van der Waals surface area contributed by atoms with Gasteiger partial charge in [0.1, 0.15) is 0 Å². The molecule has 0 radical (unpaired) electrons. The number of nitrogens with two attached hydrogens (primary N) is 1. The minimum atomic E-state index is -0.0303. The maximum atomic E-state index is 6.07. The van der Waals surface area contributed by atoms with Crippen molar-refractivity contribution in [1.29, 1.82) is 0 Å². The lowest BCUT2D eigenvalue weighted by Gasteiger charge is -2.30. The molecule has 3 N–H and O–H groups in total. The summed E-state index contributed by atoms with van der Waals surface area (Å²) < 4.78 is 0. The van der Waals surface area contributed by atoms with Gasteiger partial charge in [-0.15, -0.1) is 0 Å². The summed E-state index contributed by atoms with van der Waals surface area (Å²) in [7, 11) is 0. The lowest BCUT2D eigenvalue weighted by Crippen LogP contribution is -2.46. The molecule has 3 rings (SSSR count). The molecule has 0 aliphatic heterocycles. The topological polar surface area (TPSA) is 38.0 Å². The summed E-state index contributed by atoms with van der Waals surface area (Å²) in [5.41, 5.74) is 11.3. The molecule has 0 fully saturated rings. The van der Waals surface area contributed by atoms with Crippen molar-refractivity contribution < 1.29 is 0 Å². The fourth-order valence-electron chi connectivity index (χ4n) is 3.01. The molecule has 0 amide bonds. The van der Waals surface area contributed by atoms with Crippen molar-refractivity contribution in [2.75, 3.05) is 11.9 Å². The van der Waals surface area contributed by atoms with Gasteiger partial charge < -0.3 is 11.1 Å². The van der Waals surface area contributed by atoms with Crippen LogP contribution in [0, 0.1) is 6.92 Å². The van der Waals surface area contributed by atoms with E-state index in [0.717, 1.165) is 12.8 Å². The average molecular weight is 252 g/mol. The van der Waals surface area contributed by atoms with Crippen molar-refractivity contribution >= 4 is 5.69 Å². The quantitative estimate of drug-likeness (QED) is 0.881. The van der Waals surface area contributed by atoms with E-state index in [1.165, 1.54) is 22.4 Å². The van der Waals surface area contributed by atoms with Crippen LogP contribution in [0.2, 0.25) is 0 Å². The van der Waals surface area contributed by atoms with Gasteiger partial charge in [-0.2, -0.15) is 0 Å². The number of nitrogens with one attached hydrogen (secondary N) is 1. The number of hydrogen-bond donors (Lipinski definition) is 2. The lowest BCUT2D eigenvalue weighted by molar-refractivity contribution is 0.504. The van der Waals surface area contributed by atoms with E-state index in [1.54, 1.807) is 0 Å². The Morgan fingerprint density at radius 3 is 2.32 bits per heavy atom. The molecule has 1 aliphatic carbocycles. The van der Waals surface area contributed by atoms with Crippen LogP contribution in [0.15, 0.2) is 48.5 Å². The minimum absolute atomic E-state index is 0.0303. The zero-order chi connectivity index (χ0) is 13.3. The van der Waals surface area contributed by atoms with Crippen LogP contribution in [0.5, 0.6) is 0 Å². The zero-order valence-corrected chi connectivity index (χ0v) is 11.3. The molecule has 0 unspecified atom stereocenters. The molecule has 0 saturated carbocycles. The van der Waals surface area contributed by atoms with Gasteiger partial charge >= 0.3 is 0 Å². The van der Waals surface area contributed by atoms with Crippen LogP contribution in [0.1, 0.15) is 16.7 Å². The molecule has 0 bridgehead atoms. The van der Waals surface area contributed by atoms with Gasteiger partial charge in [0.05, 0.1) is 5.54 Å². The van der Waals surface area contributed by atoms with Crippen LogP contribution in [-0.4, -0.2) is 12.1 Å². The Morgan fingerprint density at radius 1 is 1.05 bits per heavy atom. The Balaban J connectivity index is 1.87. The lowest BCUT2D eigenvalue weighted by atomic mass is 9.95. The fraction of sp³-hybridized carbons (Fsp3) is 0.294. The number of fused-ring (bicyclic) bond motifs is 1. The zero-order valence-electron chi connectivity index (χ0n) is 11.3. The summed E-state index contributed by atoms with van der Waals surface area (Å²) in [5, 5.41) is 3.67. The second-order valence-electron chi connectivity index (χ2n) is 5.60. The molecule has 2 heteroatoms. The molecule has 0 aromatic heterocycles. The number of rotatable bonds is 3. The molecular weight excluding hydrogens is 232 g/mol. The van der Waals surface area contributed by atoms with Gasteiger partial charge in [-0.05, 0) is 48.6 Å². The summed E-state index contributed by atoms with van der Waals surface area (Å²) >= 11 is 0. The monoisotopic (exact) mass is 252 g/mol. The van der Waals surface area contributed by atoms with Gasteiger partial charge in [0.25, 0.3) is 0 Å². The number of benzene rings is 2. The van der Waals surface area contributed by atoms with Crippen LogP contribution in [0.3, 0.4) is 0 Å².